The molecule has 4 nitrogen and oxygen atoms in total. The first-order valence-electron chi connectivity index (χ1n) is 5.88. The van der Waals surface area contributed by atoms with Crippen LogP contribution in [0.25, 0.3) is 0 Å². The second-order valence-corrected chi connectivity index (χ2v) is 6.59. The van der Waals surface area contributed by atoms with E-state index in [-0.39, 0.29) is 12.3 Å². The summed E-state index contributed by atoms with van der Waals surface area (Å²) in [5.74, 6) is -1.04. The maximum atomic E-state index is 11.9. The Hall–Kier alpha value is -1.66. The molecule has 20 heavy (non-hydrogen) atoms. The monoisotopic (exact) mass is 353 g/mol. The predicted molar refractivity (Wildman–Crippen MR) is 81.0 cm³/mol. The Morgan fingerprint density at radius 3 is 2.45 bits per heavy atom. The number of carbonyl (C=O) groups excluding carboxylic acids is 1. The van der Waals surface area contributed by atoms with Crippen LogP contribution in [0.4, 0.5) is 0 Å². The number of hydrogen-bond acceptors (Lipinski definition) is 3. The molecule has 0 saturated carbocycles. The molecule has 1 aromatic carbocycles. The van der Waals surface area contributed by atoms with Gasteiger partial charge in [0.1, 0.15) is 0 Å². The molecule has 0 bridgehead atoms. The number of halogens is 1. The Balaban J connectivity index is 2.03. The minimum absolute atomic E-state index is 0.0450. The van der Waals surface area contributed by atoms with Gasteiger partial charge in [-0.15, -0.1) is 11.3 Å². The van der Waals surface area contributed by atoms with Gasteiger partial charge >= 0.3 is 5.97 Å². The fraction of sp³-hybridized carbons (Fsp3) is 0.143. The molecule has 2 rings (SSSR count). The fourth-order valence-electron chi connectivity index (χ4n) is 1.76. The number of carbonyl (C=O) groups is 2. The molecule has 0 spiro atoms. The molecular formula is C14H12BrNO3S. The Morgan fingerprint density at radius 1 is 1.15 bits per heavy atom. The quantitative estimate of drug-likeness (QED) is 0.867. The highest BCUT2D eigenvalue weighted by atomic mass is 79.9. The molecule has 0 saturated heterocycles. The summed E-state index contributed by atoms with van der Waals surface area (Å²) in [6.07, 6.45) is -0.0450. The topological polar surface area (TPSA) is 66.4 Å². The summed E-state index contributed by atoms with van der Waals surface area (Å²) in [6.45, 7) is 0.317. The summed E-state index contributed by atoms with van der Waals surface area (Å²) >= 11 is 4.66. The second kappa shape index (κ2) is 6.67. The van der Waals surface area contributed by atoms with Crippen molar-refractivity contribution >= 4 is 39.1 Å². The van der Waals surface area contributed by atoms with Crippen LogP contribution in [-0.2, 0) is 17.8 Å². The molecule has 104 valence electrons. The predicted octanol–water partition coefficient (Wildman–Crippen LogP) is 3.07. The van der Waals surface area contributed by atoms with E-state index in [2.05, 4.69) is 21.2 Å². The van der Waals surface area contributed by atoms with Gasteiger partial charge < -0.3 is 10.4 Å². The average Bonchev–Trinajstić information content (AvgIpc) is 2.83. The lowest BCUT2D eigenvalue weighted by Crippen LogP contribution is -2.22. The Bertz CT molecular complexity index is 639. The van der Waals surface area contributed by atoms with E-state index >= 15 is 0 Å². The number of rotatable bonds is 5. The third kappa shape index (κ3) is 3.91. The summed E-state index contributed by atoms with van der Waals surface area (Å²) in [6, 6.07) is 10.8. The number of amides is 1. The van der Waals surface area contributed by atoms with E-state index in [9.17, 15) is 9.59 Å². The molecule has 2 aromatic rings. The Labute approximate surface area is 128 Å². The molecule has 0 fully saturated rings. The molecule has 0 radical (unpaired) electrons. The number of thiophene rings is 1. The molecule has 0 aliphatic heterocycles. The molecular weight excluding hydrogens is 342 g/mol. The summed E-state index contributed by atoms with van der Waals surface area (Å²) < 4.78 is 0.897. The lowest BCUT2D eigenvalue weighted by molar-refractivity contribution is -0.136. The van der Waals surface area contributed by atoms with Crippen LogP contribution in [0.1, 0.15) is 20.8 Å². The molecule has 0 atom stereocenters. The molecule has 1 aromatic heterocycles. The van der Waals surface area contributed by atoms with Crippen molar-refractivity contribution in [3.05, 3.63) is 56.2 Å². The molecule has 0 unspecified atom stereocenters. The maximum absolute atomic E-state index is 11.9. The van der Waals surface area contributed by atoms with Crippen molar-refractivity contribution in [2.24, 2.45) is 0 Å². The molecule has 0 aliphatic carbocycles. The fourth-order valence-corrected chi connectivity index (χ4v) is 3.07. The van der Waals surface area contributed by atoms with Crippen LogP contribution in [0.5, 0.6) is 0 Å². The highest BCUT2D eigenvalue weighted by molar-refractivity contribution is 9.11. The third-order valence-electron chi connectivity index (χ3n) is 2.70. The molecule has 0 aliphatic rings. The standard InChI is InChI=1S/C14H12BrNO3S/c15-12-6-5-11(20-12)14(19)16-8-10-4-2-1-3-9(10)7-13(17)18/h1-6H,7-8H2,(H,16,19)(H,17,18). The summed E-state index contributed by atoms with van der Waals surface area (Å²) in [5.41, 5.74) is 1.53. The van der Waals surface area contributed by atoms with E-state index in [1.165, 1.54) is 11.3 Å². The van der Waals surface area contributed by atoms with Gasteiger partial charge in [0, 0.05) is 6.54 Å². The van der Waals surface area contributed by atoms with E-state index in [1.54, 1.807) is 18.2 Å². The Morgan fingerprint density at radius 2 is 1.85 bits per heavy atom. The van der Waals surface area contributed by atoms with E-state index in [4.69, 9.17) is 5.11 Å². The zero-order chi connectivity index (χ0) is 14.5. The van der Waals surface area contributed by atoms with Crippen molar-refractivity contribution in [2.75, 3.05) is 0 Å². The van der Waals surface area contributed by atoms with Gasteiger partial charge in [0.25, 0.3) is 5.91 Å². The number of carboxylic acids is 1. The van der Waals surface area contributed by atoms with Crippen LogP contribution in [-0.4, -0.2) is 17.0 Å². The first-order valence-corrected chi connectivity index (χ1v) is 7.49. The van der Waals surface area contributed by atoms with Gasteiger partial charge in [-0.1, -0.05) is 24.3 Å². The van der Waals surface area contributed by atoms with Crippen molar-refractivity contribution in [2.45, 2.75) is 13.0 Å². The van der Waals surface area contributed by atoms with Crippen molar-refractivity contribution < 1.29 is 14.7 Å². The van der Waals surface area contributed by atoms with Crippen LogP contribution >= 0.6 is 27.3 Å². The van der Waals surface area contributed by atoms with Gasteiger partial charge in [0.05, 0.1) is 15.1 Å². The summed E-state index contributed by atoms with van der Waals surface area (Å²) in [4.78, 5) is 23.3. The van der Waals surface area contributed by atoms with Gasteiger partial charge in [0.15, 0.2) is 0 Å². The maximum Gasteiger partial charge on any atom is 0.307 e. The highest BCUT2D eigenvalue weighted by Gasteiger charge is 2.10. The zero-order valence-electron chi connectivity index (χ0n) is 10.4. The van der Waals surface area contributed by atoms with E-state index in [1.807, 2.05) is 18.2 Å². The summed E-state index contributed by atoms with van der Waals surface area (Å²) in [5, 5.41) is 11.7. The number of aliphatic carboxylic acids is 1. The van der Waals surface area contributed by atoms with Gasteiger partial charge in [-0.25, -0.2) is 0 Å². The van der Waals surface area contributed by atoms with Crippen molar-refractivity contribution in [1.29, 1.82) is 0 Å². The van der Waals surface area contributed by atoms with Crippen molar-refractivity contribution in [3.63, 3.8) is 0 Å². The number of carboxylic acid groups (broad SMARTS) is 1. The Kier molecular flexibility index (Phi) is 4.92. The normalized spacial score (nSPS) is 10.2. The summed E-state index contributed by atoms with van der Waals surface area (Å²) in [7, 11) is 0. The van der Waals surface area contributed by atoms with Crippen LogP contribution in [0.2, 0.25) is 0 Å². The molecule has 1 amide bonds. The van der Waals surface area contributed by atoms with Gasteiger partial charge in [0.2, 0.25) is 0 Å². The third-order valence-corrected chi connectivity index (χ3v) is 4.32. The smallest absolute Gasteiger partial charge is 0.307 e. The van der Waals surface area contributed by atoms with Crippen LogP contribution < -0.4 is 5.32 Å². The number of hydrogen-bond donors (Lipinski definition) is 2. The minimum Gasteiger partial charge on any atom is -0.481 e. The molecule has 1 heterocycles. The van der Waals surface area contributed by atoms with E-state index in [0.29, 0.717) is 17.0 Å². The van der Waals surface area contributed by atoms with Gasteiger partial charge in [-0.2, -0.15) is 0 Å². The first-order chi connectivity index (χ1) is 9.56. The molecule has 6 heteroatoms. The van der Waals surface area contributed by atoms with Crippen molar-refractivity contribution in [3.8, 4) is 0 Å². The number of benzene rings is 1. The van der Waals surface area contributed by atoms with Crippen LogP contribution in [0.3, 0.4) is 0 Å². The average molecular weight is 354 g/mol. The highest BCUT2D eigenvalue weighted by Crippen LogP contribution is 2.22. The minimum atomic E-state index is -0.883. The van der Waals surface area contributed by atoms with Crippen molar-refractivity contribution in [1.82, 2.24) is 5.32 Å². The first kappa shape index (κ1) is 14.7. The molecule has 2 N–H and O–H groups in total. The van der Waals surface area contributed by atoms with Crippen LogP contribution in [0, 0.1) is 0 Å². The lowest BCUT2D eigenvalue weighted by Gasteiger charge is -2.08. The van der Waals surface area contributed by atoms with Crippen LogP contribution in [0.15, 0.2) is 40.2 Å². The van der Waals surface area contributed by atoms with Gasteiger partial charge in [-0.05, 0) is 39.2 Å². The van der Waals surface area contributed by atoms with E-state index < -0.39 is 5.97 Å². The van der Waals surface area contributed by atoms with Gasteiger partial charge in [-0.3, -0.25) is 9.59 Å². The number of nitrogens with one attached hydrogen (secondary N) is 1. The SMILES string of the molecule is O=C(O)Cc1ccccc1CNC(=O)c1ccc(Br)s1. The van der Waals surface area contributed by atoms with E-state index in [0.717, 1.165) is 9.35 Å². The second-order valence-electron chi connectivity index (χ2n) is 4.13. The largest absolute Gasteiger partial charge is 0.481 e. The lowest BCUT2D eigenvalue weighted by atomic mass is 10.0. The zero-order valence-corrected chi connectivity index (χ0v) is 12.8.